The molecule has 1 N–H and O–H groups in total. The maximum Gasteiger partial charge on any atom is 0.272 e. The fourth-order valence-corrected chi connectivity index (χ4v) is 2.95. The molecule has 6 heteroatoms. The number of benzene rings is 1. The summed E-state index contributed by atoms with van der Waals surface area (Å²) < 4.78 is 13.9. The van der Waals surface area contributed by atoms with E-state index in [-0.39, 0.29) is 11.7 Å². The number of nitrogens with zero attached hydrogens (tertiary/aromatic N) is 3. The van der Waals surface area contributed by atoms with Crippen LogP contribution in [0.2, 0.25) is 0 Å². The zero-order chi connectivity index (χ0) is 17.6. The Kier molecular flexibility index (Phi) is 5.48. The number of halogens is 1. The van der Waals surface area contributed by atoms with Crippen LogP contribution in [0.25, 0.3) is 0 Å². The lowest BCUT2D eigenvalue weighted by molar-refractivity contribution is 0.0741. The molecule has 1 fully saturated rings. The van der Waals surface area contributed by atoms with E-state index in [1.807, 2.05) is 17.0 Å². The van der Waals surface area contributed by atoms with E-state index in [0.29, 0.717) is 37.6 Å². The molecule has 1 aromatic heterocycles. The van der Waals surface area contributed by atoms with Crippen molar-refractivity contribution >= 4 is 17.3 Å². The Hall–Kier alpha value is -2.63. The van der Waals surface area contributed by atoms with Crippen molar-refractivity contribution in [1.82, 2.24) is 9.88 Å². The Morgan fingerprint density at radius 2 is 1.96 bits per heavy atom. The normalized spacial score (nSPS) is 14.5. The molecule has 1 saturated heterocycles. The molecule has 1 aliphatic rings. The third-order valence-electron chi connectivity index (χ3n) is 4.32. The number of piperazine rings is 1. The molecule has 0 unspecified atom stereocenters. The van der Waals surface area contributed by atoms with E-state index in [1.165, 1.54) is 6.07 Å². The van der Waals surface area contributed by atoms with E-state index in [1.54, 1.807) is 29.3 Å². The van der Waals surface area contributed by atoms with Crippen LogP contribution in [0.15, 0.2) is 42.6 Å². The number of hydrogen-bond acceptors (Lipinski definition) is 4. The number of rotatable bonds is 5. The molecule has 0 bridgehead atoms. The third kappa shape index (κ3) is 4.07. The highest BCUT2D eigenvalue weighted by Crippen LogP contribution is 2.21. The molecule has 0 radical (unpaired) electrons. The minimum absolute atomic E-state index is 0.0756. The van der Waals surface area contributed by atoms with E-state index in [0.717, 1.165) is 18.7 Å². The summed E-state index contributed by atoms with van der Waals surface area (Å²) in [4.78, 5) is 20.6. The second-order valence-corrected chi connectivity index (χ2v) is 6.09. The van der Waals surface area contributed by atoms with Crippen LogP contribution >= 0.6 is 0 Å². The highest BCUT2D eigenvalue weighted by atomic mass is 19.1. The molecule has 0 spiro atoms. The van der Waals surface area contributed by atoms with Crippen molar-refractivity contribution in [2.75, 3.05) is 42.9 Å². The largest absolute Gasteiger partial charge is 0.385 e. The fourth-order valence-electron chi connectivity index (χ4n) is 2.95. The number of carbonyl (C=O) groups is 1. The van der Waals surface area contributed by atoms with Crippen molar-refractivity contribution in [3.63, 3.8) is 0 Å². The quantitative estimate of drug-likeness (QED) is 0.907. The summed E-state index contributed by atoms with van der Waals surface area (Å²) in [5, 5.41) is 3.27. The molecular weight excluding hydrogens is 319 g/mol. The van der Waals surface area contributed by atoms with Gasteiger partial charge in [-0.1, -0.05) is 19.1 Å². The van der Waals surface area contributed by atoms with Gasteiger partial charge >= 0.3 is 0 Å². The lowest BCUT2D eigenvalue weighted by atomic mass is 10.2. The van der Waals surface area contributed by atoms with Crippen molar-refractivity contribution in [2.45, 2.75) is 13.3 Å². The standard InChI is InChI=1S/C19H23FN4O/c1-2-8-21-15-7-9-22-17(14-15)19(25)24-12-10-23(11-13-24)18-6-4-3-5-16(18)20/h3-7,9,14H,2,8,10-13H2,1H3,(H,21,22). The lowest BCUT2D eigenvalue weighted by Crippen LogP contribution is -2.49. The minimum atomic E-state index is -0.223. The van der Waals surface area contributed by atoms with Crippen LogP contribution in [0.1, 0.15) is 23.8 Å². The second-order valence-electron chi connectivity index (χ2n) is 6.09. The van der Waals surface area contributed by atoms with E-state index in [2.05, 4.69) is 17.2 Å². The zero-order valence-corrected chi connectivity index (χ0v) is 14.4. The molecule has 25 heavy (non-hydrogen) atoms. The fraction of sp³-hybridized carbons (Fsp3) is 0.368. The first-order chi connectivity index (χ1) is 12.2. The monoisotopic (exact) mass is 342 g/mol. The average molecular weight is 342 g/mol. The Balaban J connectivity index is 1.63. The minimum Gasteiger partial charge on any atom is -0.385 e. The number of anilines is 2. The smallest absolute Gasteiger partial charge is 0.272 e. The van der Waals surface area contributed by atoms with Gasteiger partial charge in [0.2, 0.25) is 0 Å². The first-order valence-electron chi connectivity index (χ1n) is 8.67. The Labute approximate surface area is 147 Å². The van der Waals surface area contributed by atoms with Gasteiger partial charge in [-0.25, -0.2) is 4.39 Å². The molecule has 132 valence electrons. The molecule has 1 amide bonds. The molecule has 3 rings (SSSR count). The maximum absolute atomic E-state index is 13.9. The van der Waals surface area contributed by atoms with Crippen LogP contribution < -0.4 is 10.2 Å². The maximum atomic E-state index is 13.9. The van der Waals surface area contributed by atoms with Crippen molar-refractivity contribution in [1.29, 1.82) is 0 Å². The van der Waals surface area contributed by atoms with Crippen LogP contribution in [-0.4, -0.2) is 48.5 Å². The van der Waals surface area contributed by atoms with Gasteiger partial charge in [-0.05, 0) is 30.7 Å². The molecule has 0 atom stereocenters. The number of pyridine rings is 1. The van der Waals surface area contributed by atoms with Crippen molar-refractivity contribution < 1.29 is 9.18 Å². The predicted molar refractivity (Wildman–Crippen MR) is 97.5 cm³/mol. The van der Waals surface area contributed by atoms with Gasteiger partial charge in [0.05, 0.1) is 5.69 Å². The summed E-state index contributed by atoms with van der Waals surface area (Å²) in [7, 11) is 0. The number of para-hydroxylation sites is 1. The molecule has 0 saturated carbocycles. The molecule has 5 nitrogen and oxygen atoms in total. The number of carbonyl (C=O) groups excluding carboxylic acids is 1. The van der Waals surface area contributed by atoms with Gasteiger partial charge in [-0.15, -0.1) is 0 Å². The second kappa shape index (κ2) is 7.96. The first-order valence-corrected chi connectivity index (χ1v) is 8.67. The molecule has 1 aromatic carbocycles. The third-order valence-corrected chi connectivity index (χ3v) is 4.32. The van der Waals surface area contributed by atoms with Crippen LogP contribution in [0.5, 0.6) is 0 Å². The summed E-state index contributed by atoms with van der Waals surface area (Å²) in [6, 6.07) is 10.4. The van der Waals surface area contributed by atoms with Crippen molar-refractivity contribution in [2.24, 2.45) is 0 Å². The van der Waals surface area contributed by atoms with Gasteiger partial charge in [0.15, 0.2) is 0 Å². The number of hydrogen-bond donors (Lipinski definition) is 1. The van der Waals surface area contributed by atoms with Crippen molar-refractivity contribution in [3.05, 3.63) is 54.1 Å². The van der Waals surface area contributed by atoms with E-state index in [4.69, 9.17) is 0 Å². The summed E-state index contributed by atoms with van der Waals surface area (Å²) in [5.74, 6) is -0.299. The van der Waals surface area contributed by atoms with Gasteiger partial charge in [0, 0.05) is 44.6 Å². The zero-order valence-electron chi connectivity index (χ0n) is 14.4. The molecule has 2 heterocycles. The van der Waals surface area contributed by atoms with Crippen molar-refractivity contribution in [3.8, 4) is 0 Å². The summed E-state index contributed by atoms with van der Waals surface area (Å²) in [6.45, 7) is 5.29. The number of nitrogens with one attached hydrogen (secondary N) is 1. The van der Waals surface area contributed by atoms with Gasteiger partial charge in [-0.3, -0.25) is 9.78 Å². The Bertz CT molecular complexity index is 729. The lowest BCUT2D eigenvalue weighted by Gasteiger charge is -2.36. The molecule has 1 aliphatic heterocycles. The topological polar surface area (TPSA) is 48.5 Å². The van der Waals surface area contributed by atoms with Gasteiger partial charge in [-0.2, -0.15) is 0 Å². The van der Waals surface area contributed by atoms with E-state index >= 15 is 0 Å². The predicted octanol–water partition coefficient (Wildman–Crippen LogP) is 3.01. The van der Waals surface area contributed by atoms with Gasteiger partial charge in [0.1, 0.15) is 11.5 Å². The van der Waals surface area contributed by atoms with Gasteiger partial charge in [0.25, 0.3) is 5.91 Å². The SMILES string of the molecule is CCCNc1ccnc(C(=O)N2CCN(c3ccccc3F)CC2)c1. The van der Waals surface area contributed by atoms with E-state index in [9.17, 15) is 9.18 Å². The molecule has 2 aromatic rings. The molecular formula is C19H23FN4O. The highest BCUT2D eigenvalue weighted by Gasteiger charge is 2.24. The van der Waals surface area contributed by atoms with Gasteiger partial charge < -0.3 is 15.1 Å². The summed E-state index contributed by atoms with van der Waals surface area (Å²) in [5.41, 5.74) is 1.95. The Morgan fingerprint density at radius 1 is 1.20 bits per heavy atom. The summed E-state index contributed by atoms with van der Waals surface area (Å²) in [6.07, 6.45) is 2.67. The van der Waals surface area contributed by atoms with E-state index < -0.39 is 0 Å². The molecule has 0 aliphatic carbocycles. The average Bonchev–Trinajstić information content (AvgIpc) is 2.66. The first kappa shape index (κ1) is 17.2. The van der Waals surface area contributed by atoms with Crippen LogP contribution in [0.4, 0.5) is 15.8 Å². The Morgan fingerprint density at radius 3 is 2.68 bits per heavy atom. The number of amides is 1. The number of aromatic nitrogens is 1. The highest BCUT2D eigenvalue weighted by molar-refractivity contribution is 5.93. The van der Waals surface area contributed by atoms with Crippen LogP contribution in [-0.2, 0) is 0 Å². The summed E-state index contributed by atoms with van der Waals surface area (Å²) >= 11 is 0. The van der Waals surface area contributed by atoms with Crippen LogP contribution in [0.3, 0.4) is 0 Å². The van der Waals surface area contributed by atoms with Crippen LogP contribution in [0, 0.1) is 5.82 Å².